The standard InChI is InChI=1S/C30H45FN10O7/c31-12-15-41-19-24(39-40-41)29(46)38-21(10-4-6-13-32)27(44)34-18-26(43)37-23(16-20-8-2-1-3-9-20)28(45)35-17-25(42)36-22(30(47)48)11-5-7-14-33/h1-3,8-9,19,21-23H,4-7,10-18,32-33H2,(H,34,44)(H,35,45)(H,36,42)(H,37,43)(H,38,46)(H,47,48)/t21-,22-,23-/m0/s1. The molecular formula is C30H45FN10O7. The van der Waals surface area contributed by atoms with Crippen molar-refractivity contribution in [3.63, 3.8) is 0 Å². The molecule has 0 saturated carbocycles. The first kappa shape index (κ1) is 39.2. The van der Waals surface area contributed by atoms with Gasteiger partial charge >= 0.3 is 5.97 Å². The van der Waals surface area contributed by atoms with Gasteiger partial charge < -0.3 is 43.2 Å². The molecule has 0 unspecified atom stereocenters. The van der Waals surface area contributed by atoms with E-state index in [0.717, 1.165) is 4.68 Å². The molecule has 0 aliphatic heterocycles. The normalized spacial score (nSPS) is 12.6. The summed E-state index contributed by atoms with van der Waals surface area (Å²) < 4.78 is 13.7. The van der Waals surface area contributed by atoms with Crippen LogP contribution in [0.5, 0.6) is 0 Å². The number of alkyl halides is 1. The first-order valence-corrected chi connectivity index (χ1v) is 15.7. The molecule has 1 aromatic heterocycles. The van der Waals surface area contributed by atoms with E-state index in [-0.39, 0.29) is 31.5 Å². The van der Waals surface area contributed by atoms with Crippen LogP contribution >= 0.6 is 0 Å². The Morgan fingerprint density at radius 1 is 0.792 bits per heavy atom. The van der Waals surface area contributed by atoms with E-state index in [9.17, 15) is 38.3 Å². The van der Waals surface area contributed by atoms with Crippen molar-refractivity contribution >= 4 is 35.5 Å². The third kappa shape index (κ3) is 14.6. The number of aliphatic carboxylic acids is 1. The summed E-state index contributed by atoms with van der Waals surface area (Å²) in [5.74, 6) is -4.77. The SMILES string of the molecule is NCCCC[C@H](NC(=O)CNC(=O)[C@H](Cc1ccccc1)NC(=O)CNC(=O)[C@H](CCCCN)NC(=O)c1cn(CCF)nn1)C(=O)O. The summed E-state index contributed by atoms with van der Waals surface area (Å²) in [5, 5.41) is 29.1. The average Bonchev–Trinajstić information content (AvgIpc) is 3.54. The molecule has 5 amide bonds. The van der Waals surface area contributed by atoms with Gasteiger partial charge in [0.2, 0.25) is 23.6 Å². The molecule has 0 fully saturated rings. The average molecular weight is 677 g/mol. The molecule has 0 aliphatic carbocycles. The minimum Gasteiger partial charge on any atom is -0.480 e. The number of aromatic nitrogens is 3. The van der Waals surface area contributed by atoms with Crippen LogP contribution in [-0.4, -0.2) is 107 Å². The highest BCUT2D eigenvalue weighted by atomic mass is 19.1. The number of hydrogen-bond acceptors (Lipinski definition) is 10. The maximum atomic E-state index is 13.1. The Kier molecular flexibility index (Phi) is 17.8. The summed E-state index contributed by atoms with van der Waals surface area (Å²) >= 11 is 0. The number of rotatable bonds is 23. The van der Waals surface area contributed by atoms with Gasteiger partial charge in [0.15, 0.2) is 5.69 Å². The minimum atomic E-state index is -1.22. The van der Waals surface area contributed by atoms with Crippen LogP contribution in [0.1, 0.15) is 54.6 Å². The molecule has 1 heterocycles. The lowest BCUT2D eigenvalue weighted by Gasteiger charge is -2.21. The zero-order valence-electron chi connectivity index (χ0n) is 26.7. The second-order valence-corrected chi connectivity index (χ2v) is 10.9. The lowest BCUT2D eigenvalue weighted by molar-refractivity contribution is -0.142. The van der Waals surface area contributed by atoms with Crippen LogP contribution in [0.3, 0.4) is 0 Å². The molecule has 17 nitrogen and oxygen atoms in total. The molecule has 264 valence electrons. The summed E-state index contributed by atoms with van der Waals surface area (Å²) in [4.78, 5) is 75.6. The summed E-state index contributed by atoms with van der Waals surface area (Å²) in [6.45, 7) is -1.13. The van der Waals surface area contributed by atoms with Gasteiger partial charge in [0.05, 0.1) is 25.8 Å². The lowest BCUT2D eigenvalue weighted by Crippen LogP contribution is -2.54. The lowest BCUT2D eigenvalue weighted by atomic mass is 10.1. The van der Waals surface area contributed by atoms with Gasteiger partial charge in [-0.15, -0.1) is 5.10 Å². The number of amides is 5. The Balaban J connectivity index is 2.02. The fourth-order valence-corrected chi connectivity index (χ4v) is 4.47. The van der Waals surface area contributed by atoms with Gasteiger partial charge in [0.1, 0.15) is 24.8 Å². The van der Waals surface area contributed by atoms with Gasteiger partial charge in [-0.05, 0) is 57.2 Å². The number of carbonyl (C=O) groups is 6. The fourth-order valence-electron chi connectivity index (χ4n) is 4.47. The van der Waals surface area contributed by atoms with E-state index >= 15 is 0 Å². The van der Waals surface area contributed by atoms with Crippen LogP contribution in [0.15, 0.2) is 36.5 Å². The highest BCUT2D eigenvalue weighted by molar-refractivity contribution is 5.97. The molecule has 3 atom stereocenters. The number of nitrogens with two attached hydrogens (primary N) is 2. The number of benzene rings is 1. The van der Waals surface area contributed by atoms with Crippen LogP contribution in [0.4, 0.5) is 4.39 Å². The molecule has 18 heteroatoms. The molecule has 48 heavy (non-hydrogen) atoms. The van der Waals surface area contributed by atoms with Gasteiger partial charge in [0.25, 0.3) is 5.91 Å². The smallest absolute Gasteiger partial charge is 0.326 e. The molecule has 0 spiro atoms. The van der Waals surface area contributed by atoms with Crippen molar-refractivity contribution in [3.8, 4) is 0 Å². The first-order valence-electron chi connectivity index (χ1n) is 15.7. The van der Waals surface area contributed by atoms with Gasteiger partial charge in [-0.2, -0.15) is 0 Å². The Hall–Kier alpha value is -4.97. The van der Waals surface area contributed by atoms with Gasteiger partial charge in [0, 0.05) is 6.42 Å². The fraction of sp³-hybridized carbons (Fsp3) is 0.533. The van der Waals surface area contributed by atoms with Crippen LogP contribution in [-0.2, 0) is 36.9 Å². The molecule has 2 rings (SSSR count). The zero-order valence-corrected chi connectivity index (χ0v) is 26.7. The zero-order chi connectivity index (χ0) is 35.3. The summed E-state index contributed by atoms with van der Waals surface area (Å²) in [5.41, 5.74) is 11.6. The molecule has 0 radical (unpaired) electrons. The van der Waals surface area contributed by atoms with Crippen LogP contribution in [0, 0.1) is 0 Å². The molecule has 0 aliphatic rings. The van der Waals surface area contributed by atoms with Gasteiger partial charge in [-0.1, -0.05) is 35.5 Å². The molecule has 0 bridgehead atoms. The number of aryl methyl sites for hydroxylation is 1. The summed E-state index contributed by atoms with van der Waals surface area (Å²) in [7, 11) is 0. The first-order chi connectivity index (χ1) is 23.1. The Morgan fingerprint density at radius 2 is 1.35 bits per heavy atom. The largest absolute Gasteiger partial charge is 0.480 e. The van der Waals surface area contributed by atoms with E-state index in [0.29, 0.717) is 44.3 Å². The second-order valence-electron chi connectivity index (χ2n) is 10.9. The van der Waals surface area contributed by atoms with E-state index in [2.05, 4.69) is 36.9 Å². The van der Waals surface area contributed by atoms with Crippen molar-refractivity contribution in [3.05, 3.63) is 47.8 Å². The Bertz CT molecular complexity index is 1340. The minimum absolute atomic E-state index is 0.0473. The van der Waals surface area contributed by atoms with Crippen molar-refractivity contribution in [2.45, 2.75) is 69.6 Å². The monoisotopic (exact) mass is 676 g/mol. The molecule has 0 saturated heterocycles. The highest BCUT2D eigenvalue weighted by Gasteiger charge is 2.26. The van der Waals surface area contributed by atoms with Crippen LogP contribution < -0.4 is 38.1 Å². The van der Waals surface area contributed by atoms with Crippen molar-refractivity contribution in [2.75, 3.05) is 32.9 Å². The summed E-state index contributed by atoms with van der Waals surface area (Å²) in [6, 6.07) is 5.39. The van der Waals surface area contributed by atoms with Gasteiger partial charge in [-0.25, -0.2) is 13.9 Å². The number of hydrogen-bond donors (Lipinski definition) is 8. The van der Waals surface area contributed by atoms with Crippen molar-refractivity contribution in [2.24, 2.45) is 11.5 Å². The molecule has 2 aromatic rings. The van der Waals surface area contributed by atoms with Crippen molar-refractivity contribution in [1.29, 1.82) is 0 Å². The predicted octanol–water partition coefficient (Wildman–Crippen LogP) is -1.87. The molecular weight excluding hydrogens is 631 g/mol. The third-order valence-electron chi connectivity index (χ3n) is 7.01. The Morgan fingerprint density at radius 3 is 1.92 bits per heavy atom. The number of halogens is 1. The number of nitrogens with one attached hydrogen (secondary N) is 5. The molecule has 1 aromatic carbocycles. The number of nitrogens with zero attached hydrogens (tertiary/aromatic N) is 3. The van der Waals surface area contributed by atoms with Crippen LogP contribution in [0.2, 0.25) is 0 Å². The maximum Gasteiger partial charge on any atom is 0.326 e. The van der Waals surface area contributed by atoms with E-state index in [1.54, 1.807) is 30.3 Å². The van der Waals surface area contributed by atoms with E-state index < -0.39 is 73.4 Å². The topological polar surface area (TPSA) is 266 Å². The van der Waals surface area contributed by atoms with E-state index in [1.807, 2.05) is 0 Å². The number of unbranched alkanes of at least 4 members (excludes halogenated alkanes) is 2. The summed E-state index contributed by atoms with van der Waals surface area (Å²) in [6.07, 6.45) is 3.81. The van der Waals surface area contributed by atoms with Crippen molar-refractivity contribution < 1.29 is 38.3 Å². The van der Waals surface area contributed by atoms with Crippen molar-refractivity contribution in [1.82, 2.24) is 41.6 Å². The number of carbonyl (C=O) groups excluding carboxylic acids is 5. The van der Waals surface area contributed by atoms with Crippen LogP contribution in [0.25, 0.3) is 0 Å². The second kappa shape index (κ2) is 21.8. The number of carboxylic acids is 1. The third-order valence-corrected chi connectivity index (χ3v) is 7.01. The Labute approximate surface area is 277 Å². The number of carboxylic acid groups (broad SMARTS) is 1. The van der Waals surface area contributed by atoms with Gasteiger partial charge in [-0.3, -0.25) is 24.0 Å². The molecule has 10 N–H and O–H groups in total. The van der Waals surface area contributed by atoms with E-state index in [4.69, 9.17) is 11.5 Å². The van der Waals surface area contributed by atoms with E-state index in [1.165, 1.54) is 6.20 Å². The quantitative estimate of drug-likeness (QED) is 0.0605. The maximum absolute atomic E-state index is 13.1. The highest BCUT2D eigenvalue weighted by Crippen LogP contribution is 2.06. The predicted molar refractivity (Wildman–Crippen MR) is 171 cm³/mol.